The molecule has 2 N–H and O–H groups in total. The zero-order chi connectivity index (χ0) is 31.5. The van der Waals surface area contributed by atoms with Crippen LogP contribution >= 0.6 is 11.8 Å². The van der Waals surface area contributed by atoms with Crippen LogP contribution in [-0.2, 0) is 26.8 Å². The van der Waals surface area contributed by atoms with Gasteiger partial charge in [0.1, 0.15) is 17.4 Å². The molecule has 0 atom stereocenters. The van der Waals surface area contributed by atoms with E-state index in [9.17, 15) is 13.2 Å². The highest BCUT2D eigenvalue weighted by atomic mass is 32.2. The molecule has 0 aliphatic rings. The SMILES string of the molecule is Cc1cc(NS(=O)(=O)c2ccc(NC(=O)CSc3nnc(-c4ccc(C(C)(C)C)cc4)n3Cc3ccco3)cc2)nc(C)n1. The monoisotopic (exact) mass is 631 g/mol. The number of carbonyl (C=O) groups excluding carboxylic acids is 1. The van der Waals surface area contributed by atoms with E-state index in [1.54, 1.807) is 26.2 Å². The molecule has 44 heavy (non-hydrogen) atoms. The quantitative estimate of drug-likeness (QED) is 0.182. The van der Waals surface area contributed by atoms with Crippen LogP contribution in [0.25, 0.3) is 11.4 Å². The predicted octanol–water partition coefficient (Wildman–Crippen LogP) is 5.82. The van der Waals surface area contributed by atoms with Crippen LogP contribution in [0.2, 0.25) is 0 Å². The highest BCUT2D eigenvalue weighted by Gasteiger charge is 2.20. The minimum Gasteiger partial charge on any atom is -0.467 e. The predicted molar refractivity (Wildman–Crippen MR) is 170 cm³/mol. The number of amides is 1. The summed E-state index contributed by atoms with van der Waals surface area (Å²) in [5.41, 5.74) is 3.25. The molecular weight excluding hydrogens is 599 g/mol. The van der Waals surface area contributed by atoms with Gasteiger partial charge in [-0.3, -0.25) is 14.1 Å². The molecule has 0 unspecified atom stereocenters. The summed E-state index contributed by atoms with van der Waals surface area (Å²) < 4.78 is 35.7. The summed E-state index contributed by atoms with van der Waals surface area (Å²) in [6, 6.07) is 19.4. The number of hydrogen-bond donors (Lipinski definition) is 2. The molecule has 11 nitrogen and oxygen atoms in total. The van der Waals surface area contributed by atoms with Gasteiger partial charge < -0.3 is 9.73 Å². The average Bonchev–Trinajstić information content (AvgIpc) is 3.61. The van der Waals surface area contributed by atoms with Gasteiger partial charge in [0.15, 0.2) is 11.0 Å². The van der Waals surface area contributed by atoms with Crippen molar-refractivity contribution in [2.24, 2.45) is 0 Å². The Kier molecular flexibility index (Phi) is 8.88. The number of aryl methyl sites for hydroxylation is 2. The van der Waals surface area contributed by atoms with Crippen molar-refractivity contribution in [3.63, 3.8) is 0 Å². The molecule has 3 heterocycles. The molecule has 0 fully saturated rings. The van der Waals surface area contributed by atoms with Crippen LogP contribution in [0, 0.1) is 13.8 Å². The molecule has 1 amide bonds. The lowest BCUT2D eigenvalue weighted by molar-refractivity contribution is -0.113. The topological polar surface area (TPSA) is 145 Å². The Hall–Kier alpha value is -4.49. The van der Waals surface area contributed by atoms with E-state index in [1.165, 1.54) is 41.6 Å². The van der Waals surface area contributed by atoms with Crippen molar-refractivity contribution in [1.29, 1.82) is 0 Å². The largest absolute Gasteiger partial charge is 0.467 e. The zero-order valence-electron chi connectivity index (χ0n) is 25.0. The van der Waals surface area contributed by atoms with E-state index >= 15 is 0 Å². The highest BCUT2D eigenvalue weighted by molar-refractivity contribution is 7.99. The number of benzene rings is 2. The van der Waals surface area contributed by atoms with E-state index in [0.29, 0.717) is 34.7 Å². The van der Waals surface area contributed by atoms with Crippen LogP contribution in [0.4, 0.5) is 11.5 Å². The first kappa shape index (κ1) is 31.0. The van der Waals surface area contributed by atoms with Gasteiger partial charge in [-0.25, -0.2) is 18.4 Å². The third-order valence-corrected chi connectivity index (χ3v) is 8.94. The number of furan rings is 1. The van der Waals surface area contributed by atoms with Crippen LogP contribution in [0.15, 0.2) is 87.5 Å². The summed E-state index contributed by atoms with van der Waals surface area (Å²) >= 11 is 1.25. The minimum atomic E-state index is -3.88. The van der Waals surface area contributed by atoms with Gasteiger partial charge in [-0.05, 0) is 61.2 Å². The first-order chi connectivity index (χ1) is 20.9. The summed E-state index contributed by atoms with van der Waals surface area (Å²) in [7, 11) is -3.88. The Labute approximate surface area is 260 Å². The number of rotatable bonds is 10. The maximum absolute atomic E-state index is 12.9. The van der Waals surface area contributed by atoms with E-state index in [-0.39, 0.29) is 27.8 Å². The fraction of sp³-hybridized carbons (Fsp3) is 0.258. The van der Waals surface area contributed by atoms with E-state index in [4.69, 9.17) is 4.42 Å². The second kappa shape index (κ2) is 12.6. The molecule has 0 aliphatic carbocycles. The van der Waals surface area contributed by atoms with Gasteiger partial charge in [-0.2, -0.15) is 0 Å². The second-order valence-corrected chi connectivity index (χ2v) is 13.8. The lowest BCUT2D eigenvalue weighted by Crippen LogP contribution is -2.16. The van der Waals surface area contributed by atoms with Gasteiger partial charge in [0.05, 0.1) is 23.5 Å². The van der Waals surface area contributed by atoms with Gasteiger partial charge in [0.2, 0.25) is 5.91 Å². The third-order valence-electron chi connectivity index (χ3n) is 6.61. The van der Waals surface area contributed by atoms with Gasteiger partial charge in [0, 0.05) is 23.0 Å². The molecule has 0 spiro atoms. The summed E-state index contributed by atoms with van der Waals surface area (Å²) in [5.74, 6) is 1.84. The minimum absolute atomic E-state index is 0.0240. The molecule has 0 radical (unpaired) electrons. The Morgan fingerprint density at radius 3 is 2.34 bits per heavy atom. The number of sulfonamides is 1. The molecule has 5 aromatic rings. The average molecular weight is 632 g/mol. The fourth-order valence-electron chi connectivity index (χ4n) is 4.44. The lowest BCUT2D eigenvalue weighted by Gasteiger charge is -2.19. The molecule has 5 rings (SSSR count). The number of anilines is 2. The maximum Gasteiger partial charge on any atom is 0.263 e. The lowest BCUT2D eigenvalue weighted by atomic mass is 9.87. The summed E-state index contributed by atoms with van der Waals surface area (Å²) in [5, 5.41) is 12.2. The van der Waals surface area contributed by atoms with Crippen molar-refractivity contribution < 1.29 is 17.6 Å². The van der Waals surface area contributed by atoms with Crippen molar-refractivity contribution in [3.8, 4) is 11.4 Å². The Morgan fingerprint density at radius 1 is 0.977 bits per heavy atom. The smallest absolute Gasteiger partial charge is 0.263 e. The zero-order valence-corrected chi connectivity index (χ0v) is 26.7. The van der Waals surface area contributed by atoms with Crippen LogP contribution in [0.1, 0.15) is 43.6 Å². The molecule has 0 aliphatic heterocycles. The second-order valence-electron chi connectivity index (χ2n) is 11.2. The maximum atomic E-state index is 12.9. The third kappa shape index (κ3) is 7.53. The van der Waals surface area contributed by atoms with E-state index in [1.807, 2.05) is 28.8 Å². The first-order valence-corrected chi connectivity index (χ1v) is 16.3. The van der Waals surface area contributed by atoms with Crippen molar-refractivity contribution in [2.75, 3.05) is 15.8 Å². The molecular formula is C31H33N7O4S2. The molecule has 2 aromatic carbocycles. The number of aromatic nitrogens is 5. The van der Waals surface area contributed by atoms with E-state index < -0.39 is 10.0 Å². The van der Waals surface area contributed by atoms with Gasteiger partial charge in [0.25, 0.3) is 10.0 Å². The molecule has 0 saturated heterocycles. The number of hydrogen-bond acceptors (Lipinski definition) is 9. The molecule has 228 valence electrons. The Bertz CT molecular complexity index is 1840. The standard InChI is InChI=1S/C31H33N7O4S2/c1-20-17-27(33-21(2)32-20)37-44(40,41)26-14-12-24(13-15-26)34-28(39)19-43-30-36-35-29(38(30)18-25-7-6-16-42-25)22-8-10-23(11-9-22)31(3,4)5/h6-17H,18-19H2,1-5H3,(H,34,39)(H,32,33,37). The molecule has 0 bridgehead atoms. The fourth-order valence-corrected chi connectivity index (χ4v) is 6.17. The van der Waals surface area contributed by atoms with E-state index in [0.717, 1.165) is 11.3 Å². The summed E-state index contributed by atoms with van der Waals surface area (Å²) in [6.07, 6.45) is 1.61. The number of nitrogens with one attached hydrogen (secondary N) is 2. The van der Waals surface area contributed by atoms with Crippen LogP contribution in [0.5, 0.6) is 0 Å². The summed E-state index contributed by atoms with van der Waals surface area (Å²) in [4.78, 5) is 21.2. The van der Waals surface area contributed by atoms with Crippen molar-refractivity contribution in [1.82, 2.24) is 24.7 Å². The molecule has 3 aromatic heterocycles. The van der Waals surface area contributed by atoms with E-state index in [2.05, 4.69) is 63.1 Å². The van der Waals surface area contributed by atoms with Gasteiger partial charge >= 0.3 is 0 Å². The Morgan fingerprint density at radius 2 is 1.70 bits per heavy atom. The highest BCUT2D eigenvalue weighted by Crippen LogP contribution is 2.29. The normalized spacial score (nSPS) is 11.8. The molecule has 0 saturated carbocycles. The van der Waals surface area contributed by atoms with Gasteiger partial charge in [-0.1, -0.05) is 56.8 Å². The number of nitrogens with zero attached hydrogens (tertiary/aromatic N) is 5. The van der Waals surface area contributed by atoms with Crippen molar-refractivity contribution in [2.45, 2.75) is 56.6 Å². The molecule has 13 heteroatoms. The van der Waals surface area contributed by atoms with Crippen molar-refractivity contribution >= 4 is 39.2 Å². The van der Waals surface area contributed by atoms with Crippen molar-refractivity contribution in [3.05, 3.63) is 95.8 Å². The first-order valence-electron chi connectivity index (χ1n) is 13.8. The van der Waals surface area contributed by atoms with Crippen LogP contribution < -0.4 is 10.0 Å². The Balaban J connectivity index is 1.26. The van der Waals surface area contributed by atoms with Gasteiger partial charge in [-0.15, -0.1) is 10.2 Å². The van der Waals surface area contributed by atoms with Crippen LogP contribution in [-0.4, -0.2) is 44.8 Å². The summed E-state index contributed by atoms with van der Waals surface area (Å²) in [6.45, 7) is 10.3. The van der Waals surface area contributed by atoms with Crippen LogP contribution in [0.3, 0.4) is 0 Å². The number of carbonyl (C=O) groups is 1. The number of thioether (sulfide) groups is 1.